The highest BCUT2D eigenvalue weighted by atomic mass is 32.1. The Morgan fingerprint density at radius 2 is 2.00 bits per heavy atom. The molecule has 1 aromatic carbocycles. The summed E-state index contributed by atoms with van der Waals surface area (Å²) < 4.78 is 20.0. The zero-order valence-electron chi connectivity index (χ0n) is 16.0. The van der Waals surface area contributed by atoms with E-state index in [9.17, 15) is 14.0 Å². The first kappa shape index (κ1) is 20.5. The van der Waals surface area contributed by atoms with Crippen molar-refractivity contribution in [2.75, 3.05) is 11.9 Å². The molecule has 150 valence electrons. The van der Waals surface area contributed by atoms with Crippen molar-refractivity contribution in [3.8, 4) is 0 Å². The average Bonchev–Trinajstić information content (AvgIpc) is 3.37. The molecular formula is C21H20FN3O3S. The fourth-order valence-corrected chi connectivity index (χ4v) is 3.33. The summed E-state index contributed by atoms with van der Waals surface area (Å²) in [7, 11) is 0. The molecule has 0 bridgehead atoms. The molecule has 0 aliphatic rings. The van der Waals surface area contributed by atoms with Crippen molar-refractivity contribution in [2.45, 2.75) is 19.9 Å². The zero-order chi connectivity index (χ0) is 20.8. The number of halogens is 1. The summed E-state index contributed by atoms with van der Waals surface area (Å²) in [5.41, 5.74) is 0.948. The van der Waals surface area contributed by atoms with Gasteiger partial charge in [-0.2, -0.15) is 5.10 Å². The van der Waals surface area contributed by atoms with Crippen molar-refractivity contribution in [3.63, 3.8) is 0 Å². The van der Waals surface area contributed by atoms with E-state index in [1.54, 1.807) is 41.2 Å². The number of amides is 1. The van der Waals surface area contributed by atoms with E-state index in [4.69, 9.17) is 4.74 Å². The summed E-state index contributed by atoms with van der Waals surface area (Å²) >= 11 is 1.37. The number of carbonyl (C=O) groups is 2. The van der Waals surface area contributed by atoms with Gasteiger partial charge in [-0.15, -0.1) is 11.3 Å². The number of benzene rings is 1. The van der Waals surface area contributed by atoms with E-state index >= 15 is 0 Å². The number of aromatic nitrogens is 2. The molecule has 0 fully saturated rings. The van der Waals surface area contributed by atoms with Crippen LogP contribution in [-0.2, 0) is 14.3 Å². The molecule has 0 saturated heterocycles. The van der Waals surface area contributed by atoms with Gasteiger partial charge in [-0.3, -0.25) is 4.79 Å². The number of esters is 1. The molecule has 8 heteroatoms. The summed E-state index contributed by atoms with van der Waals surface area (Å²) in [6, 6.07) is 11.1. The average molecular weight is 413 g/mol. The van der Waals surface area contributed by atoms with Crippen LogP contribution in [0, 0.1) is 5.82 Å². The maximum atomic E-state index is 13.1. The minimum atomic E-state index is -0.635. The van der Waals surface area contributed by atoms with Gasteiger partial charge >= 0.3 is 5.97 Å². The summed E-state index contributed by atoms with van der Waals surface area (Å²) in [6.07, 6.45) is 3.20. The summed E-state index contributed by atoms with van der Waals surface area (Å²) in [4.78, 5) is 25.5. The van der Waals surface area contributed by atoms with E-state index in [2.05, 4.69) is 10.4 Å². The quantitative estimate of drug-likeness (QED) is 0.461. The van der Waals surface area contributed by atoms with Crippen molar-refractivity contribution in [1.82, 2.24) is 9.78 Å². The lowest BCUT2D eigenvalue weighted by molar-refractivity contribution is -0.141. The van der Waals surface area contributed by atoms with Crippen LogP contribution in [-0.4, -0.2) is 28.3 Å². The van der Waals surface area contributed by atoms with Crippen LogP contribution in [0.15, 0.2) is 54.0 Å². The van der Waals surface area contributed by atoms with Gasteiger partial charge in [-0.25, -0.2) is 13.9 Å². The van der Waals surface area contributed by atoms with Gasteiger partial charge < -0.3 is 10.1 Å². The molecular weight excluding hydrogens is 393 g/mol. The second kappa shape index (κ2) is 9.29. The fraction of sp³-hybridized carbons (Fsp3) is 0.190. The molecule has 6 nitrogen and oxygen atoms in total. The molecule has 2 aromatic heterocycles. The fourth-order valence-electron chi connectivity index (χ4n) is 2.60. The van der Waals surface area contributed by atoms with Gasteiger partial charge in [-0.05, 0) is 49.1 Å². The van der Waals surface area contributed by atoms with Crippen molar-refractivity contribution in [2.24, 2.45) is 0 Å². The molecule has 0 radical (unpaired) electrons. The predicted octanol–water partition coefficient (Wildman–Crippen LogP) is 4.39. The third-order valence-electron chi connectivity index (χ3n) is 3.95. The Balaban J connectivity index is 1.69. The van der Waals surface area contributed by atoms with E-state index in [1.807, 2.05) is 25.3 Å². The Kier molecular flexibility index (Phi) is 6.56. The second-order valence-corrected chi connectivity index (χ2v) is 7.41. The van der Waals surface area contributed by atoms with Crippen LogP contribution in [0.1, 0.15) is 30.3 Å². The van der Waals surface area contributed by atoms with Gasteiger partial charge in [0, 0.05) is 17.0 Å². The predicted molar refractivity (Wildman–Crippen MR) is 111 cm³/mol. The van der Waals surface area contributed by atoms with Crippen LogP contribution in [0.25, 0.3) is 11.6 Å². The number of hydrogen-bond acceptors (Lipinski definition) is 5. The number of carbonyl (C=O) groups excluding carboxylic acids is 2. The first-order chi connectivity index (χ1) is 13.9. The van der Waals surface area contributed by atoms with Crippen LogP contribution in [0.3, 0.4) is 0 Å². The van der Waals surface area contributed by atoms with Crippen molar-refractivity contribution in [3.05, 3.63) is 70.3 Å². The molecule has 29 heavy (non-hydrogen) atoms. The highest BCUT2D eigenvalue weighted by Gasteiger charge is 2.17. The largest absolute Gasteiger partial charge is 0.452 e. The molecule has 1 amide bonds. The number of rotatable bonds is 7. The van der Waals surface area contributed by atoms with E-state index < -0.39 is 18.5 Å². The zero-order valence-corrected chi connectivity index (χ0v) is 16.8. The van der Waals surface area contributed by atoms with Crippen molar-refractivity contribution >= 4 is 40.7 Å². The normalized spacial score (nSPS) is 11.5. The summed E-state index contributed by atoms with van der Waals surface area (Å²) in [6.45, 7) is 3.45. The number of nitrogens with zero attached hydrogens (tertiary/aromatic N) is 2. The Hall–Kier alpha value is -3.26. The molecule has 0 unspecified atom stereocenters. The third-order valence-corrected chi connectivity index (χ3v) is 4.85. The Bertz CT molecular complexity index is 1010. The topological polar surface area (TPSA) is 73.2 Å². The molecule has 0 saturated carbocycles. The molecule has 0 aliphatic heterocycles. The van der Waals surface area contributed by atoms with Gasteiger partial charge in [0.2, 0.25) is 0 Å². The molecule has 0 atom stereocenters. The number of ether oxygens (including phenoxy) is 1. The minimum Gasteiger partial charge on any atom is -0.452 e. The molecule has 3 rings (SSSR count). The third kappa shape index (κ3) is 5.39. The standard InChI is InChI=1S/C21H20FN3O3S/c1-14(2)25-19(9-10-23-25)24-20(26)13-28-21(27)17(18-4-3-11-29-18)12-15-5-7-16(22)8-6-15/h3-12,14H,13H2,1-2H3,(H,24,26). The highest BCUT2D eigenvalue weighted by Crippen LogP contribution is 2.24. The lowest BCUT2D eigenvalue weighted by atomic mass is 10.1. The first-order valence-corrected chi connectivity index (χ1v) is 9.83. The van der Waals surface area contributed by atoms with Crippen LogP contribution < -0.4 is 5.32 Å². The molecule has 0 aliphatic carbocycles. The maximum absolute atomic E-state index is 13.1. The highest BCUT2D eigenvalue weighted by molar-refractivity contribution is 7.11. The number of thiophene rings is 1. The van der Waals surface area contributed by atoms with Gasteiger partial charge in [0.1, 0.15) is 11.6 Å². The molecule has 2 heterocycles. The minimum absolute atomic E-state index is 0.0759. The van der Waals surface area contributed by atoms with Gasteiger partial charge in [-0.1, -0.05) is 18.2 Å². The monoisotopic (exact) mass is 413 g/mol. The van der Waals surface area contributed by atoms with Crippen molar-refractivity contribution < 1.29 is 18.7 Å². The van der Waals surface area contributed by atoms with E-state index in [1.165, 1.54) is 23.5 Å². The van der Waals surface area contributed by atoms with E-state index in [0.717, 1.165) is 0 Å². The number of nitrogens with one attached hydrogen (secondary N) is 1. The van der Waals surface area contributed by atoms with E-state index in [-0.39, 0.29) is 11.9 Å². The first-order valence-electron chi connectivity index (χ1n) is 8.95. The Labute approximate surface area is 171 Å². The van der Waals surface area contributed by atoms with Crippen LogP contribution in [0.5, 0.6) is 0 Å². The van der Waals surface area contributed by atoms with Crippen LogP contribution in [0.4, 0.5) is 10.2 Å². The second-order valence-electron chi connectivity index (χ2n) is 6.47. The Morgan fingerprint density at radius 3 is 2.66 bits per heavy atom. The Morgan fingerprint density at radius 1 is 1.24 bits per heavy atom. The number of hydrogen-bond donors (Lipinski definition) is 1. The lowest BCUT2D eigenvalue weighted by Gasteiger charge is -2.12. The number of anilines is 1. The summed E-state index contributed by atoms with van der Waals surface area (Å²) in [5.74, 6) is -0.932. The van der Waals surface area contributed by atoms with Crippen molar-refractivity contribution in [1.29, 1.82) is 0 Å². The SMILES string of the molecule is CC(C)n1nccc1NC(=O)COC(=O)C(=Cc1ccc(F)cc1)c1cccs1. The smallest absolute Gasteiger partial charge is 0.340 e. The maximum Gasteiger partial charge on any atom is 0.340 e. The van der Waals surface area contributed by atoms with Crippen LogP contribution >= 0.6 is 11.3 Å². The van der Waals surface area contributed by atoms with Gasteiger partial charge in [0.25, 0.3) is 5.91 Å². The van der Waals surface area contributed by atoms with Crippen LogP contribution in [0.2, 0.25) is 0 Å². The van der Waals surface area contributed by atoms with E-state index in [0.29, 0.717) is 21.8 Å². The van der Waals surface area contributed by atoms with Gasteiger partial charge in [0.05, 0.1) is 11.8 Å². The molecule has 0 spiro atoms. The molecule has 3 aromatic rings. The summed E-state index contributed by atoms with van der Waals surface area (Å²) in [5, 5.41) is 8.66. The van der Waals surface area contributed by atoms with Gasteiger partial charge in [0.15, 0.2) is 6.61 Å². The lowest BCUT2D eigenvalue weighted by Crippen LogP contribution is -2.23. The molecule has 1 N–H and O–H groups in total.